The highest BCUT2D eigenvalue weighted by atomic mass is 16.7. The van der Waals surface area contributed by atoms with E-state index in [1.54, 1.807) is 24.3 Å². The summed E-state index contributed by atoms with van der Waals surface area (Å²) in [5.41, 5.74) is 3.66. The molecule has 4 rings (SSSR count). The Kier molecular flexibility index (Phi) is 6.35. The van der Waals surface area contributed by atoms with Crippen molar-refractivity contribution >= 4 is 22.9 Å². The molecule has 0 spiro atoms. The highest BCUT2D eigenvalue weighted by Gasteiger charge is 2.19. The van der Waals surface area contributed by atoms with Crippen LogP contribution in [0, 0.1) is 10.1 Å². The fraction of sp³-hybridized carbons (Fsp3) is 0.200. The Morgan fingerprint density at radius 3 is 2.55 bits per heavy atom. The average Bonchev–Trinajstić information content (AvgIpc) is 3.15. The second kappa shape index (κ2) is 9.52. The zero-order valence-electron chi connectivity index (χ0n) is 18.1. The van der Waals surface area contributed by atoms with Crippen LogP contribution in [0.1, 0.15) is 31.2 Å². The van der Waals surface area contributed by atoms with Crippen molar-refractivity contribution in [2.75, 3.05) is 0 Å². The Labute approximate surface area is 190 Å². The lowest BCUT2D eigenvalue weighted by Gasteiger charge is -2.11. The number of para-hydroxylation sites is 2. The molecule has 0 aliphatic heterocycles. The van der Waals surface area contributed by atoms with Gasteiger partial charge in [0.15, 0.2) is 5.52 Å². The van der Waals surface area contributed by atoms with Gasteiger partial charge in [0.05, 0.1) is 10.4 Å². The van der Waals surface area contributed by atoms with Gasteiger partial charge in [-0.3, -0.25) is 10.1 Å². The van der Waals surface area contributed by atoms with Gasteiger partial charge in [-0.2, -0.15) is 0 Å². The number of aryl methyl sites for hydroxylation is 1. The number of rotatable bonds is 8. The molecule has 0 saturated heterocycles. The van der Waals surface area contributed by atoms with Gasteiger partial charge in [-0.1, -0.05) is 61.9 Å². The fourth-order valence-corrected chi connectivity index (χ4v) is 3.89. The third-order valence-corrected chi connectivity index (χ3v) is 5.48. The minimum absolute atomic E-state index is 0.00869. The number of unbranched alkanes of at least 4 members (excludes halogenated alkanes) is 1. The quantitative estimate of drug-likeness (QED) is 0.153. The molecule has 1 aromatic heterocycles. The van der Waals surface area contributed by atoms with Crippen LogP contribution in [0.5, 0.6) is 5.75 Å². The number of carbonyl (C=O) groups is 1. The predicted molar refractivity (Wildman–Crippen MR) is 125 cm³/mol. The maximum atomic E-state index is 11.5. The number of nitrogens with zero attached hydrogens (tertiary/aromatic N) is 3. The molecule has 1 heterocycles. The van der Waals surface area contributed by atoms with Crippen LogP contribution in [0.3, 0.4) is 0 Å². The first-order chi connectivity index (χ1) is 16.0. The summed E-state index contributed by atoms with van der Waals surface area (Å²) in [7, 11) is 0. The van der Waals surface area contributed by atoms with E-state index in [4.69, 9.17) is 9.84 Å². The number of nitro groups is 1. The zero-order chi connectivity index (χ0) is 23.4. The van der Waals surface area contributed by atoms with Crippen molar-refractivity contribution in [3.05, 3.63) is 88.2 Å². The van der Waals surface area contributed by atoms with Crippen molar-refractivity contribution in [2.45, 2.75) is 32.7 Å². The molecule has 0 aliphatic carbocycles. The molecule has 8 heteroatoms. The number of hydrogen-bond donors (Lipinski definition) is 1. The molecule has 33 heavy (non-hydrogen) atoms. The first kappa shape index (κ1) is 22.0. The van der Waals surface area contributed by atoms with Crippen LogP contribution in [0.4, 0.5) is 10.5 Å². The Hall–Kier alpha value is -4.20. The number of imidazole rings is 1. The number of non-ortho nitro benzene ring substituents is 1. The summed E-state index contributed by atoms with van der Waals surface area (Å²) in [4.78, 5) is 26.7. The van der Waals surface area contributed by atoms with Gasteiger partial charge in [0, 0.05) is 24.6 Å². The molecule has 0 saturated carbocycles. The van der Waals surface area contributed by atoms with Crippen LogP contribution in [-0.2, 0) is 13.0 Å². The molecule has 0 atom stereocenters. The van der Waals surface area contributed by atoms with Crippen LogP contribution in [0.25, 0.3) is 22.2 Å². The Balaban J connectivity index is 1.69. The molecule has 0 radical (unpaired) electrons. The predicted octanol–water partition coefficient (Wildman–Crippen LogP) is 6.06. The normalized spacial score (nSPS) is 10.9. The minimum atomic E-state index is -1.36. The lowest BCUT2D eigenvalue weighted by Crippen LogP contribution is -2.05. The molecule has 3 aromatic carbocycles. The van der Waals surface area contributed by atoms with Gasteiger partial charge in [0.25, 0.3) is 5.69 Å². The van der Waals surface area contributed by atoms with Crippen molar-refractivity contribution in [1.29, 1.82) is 0 Å². The van der Waals surface area contributed by atoms with Crippen LogP contribution >= 0.6 is 0 Å². The van der Waals surface area contributed by atoms with E-state index in [2.05, 4.69) is 11.9 Å². The zero-order valence-corrected chi connectivity index (χ0v) is 18.1. The number of benzene rings is 3. The van der Waals surface area contributed by atoms with Gasteiger partial charge in [0.2, 0.25) is 0 Å². The van der Waals surface area contributed by atoms with Gasteiger partial charge >= 0.3 is 6.16 Å². The van der Waals surface area contributed by atoms with Crippen LogP contribution < -0.4 is 4.74 Å². The van der Waals surface area contributed by atoms with E-state index < -0.39 is 11.1 Å². The molecule has 0 aliphatic rings. The SMILES string of the molecule is CCCCc1nc2c([N+](=O)[O-])cccc2n1Cc1ccc(-c2ccccc2OC(=O)O)cc1. The minimum Gasteiger partial charge on any atom is -0.449 e. The molecule has 0 fully saturated rings. The molecular formula is C25H23N3O5. The highest BCUT2D eigenvalue weighted by Crippen LogP contribution is 2.31. The topological polar surface area (TPSA) is 107 Å². The molecule has 4 aromatic rings. The Morgan fingerprint density at radius 1 is 1.09 bits per heavy atom. The number of nitro benzene ring substituents is 1. The van der Waals surface area contributed by atoms with Crippen molar-refractivity contribution in [3.63, 3.8) is 0 Å². The van der Waals surface area contributed by atoms with Crippen LogP contribution in [-0.4, -0.2) is 25.7 Å². The standard InChI is InChI=1S/C25H23N3O5/c1-2-3-11-23-26-24-20(8-6-9-21(24)28(31)32)27(23)16-17-12-14-18(15-13-17)19-7-4-5-10-22(19)33-25(29)30/h4-10,12-15H,2-3,11,16H2,1H3,(H,29,30). The van der Waals surface area contributed by atoms with E-state index in [9.17, 15) is 14.9 Å². The molecule has 0 amide bonds. The summed E-state index contributed by atoms with van der Waals surface area (Å²) in [5.74, 6) is 1.10. The monoisotopic (exact) mass is 445 g/mol. The third-order valence-electron chi connectivity index (χ3n) is 5.48. The summed E-state index contributed by atoms with van der Waals surface area (Å²) < 4.78 is 6.93. The summed E-state index contributed by atoms with van der Waals surface area (Å²) in [6, 6.07) is 19.7. The summed E-state index contributed by atoms with van der Waals surface area (Å²) in [6.45, 7) is 2.62. The van der Waals surface area contributed by atoms with E-state index in [-0.39, 0.29) is 11.4 Å². The van der Waals surface area contributed by atoms with Crippen molar-refractivity contribution in [2.24, 2.45) is 0 Å². The molecular weight excluding hydrogens is 422 g/mol. The average molecular weight is 445 g/mol. The molecule has 1 N–H and O–H groups in total. The number of carboxylic acid groups (broad SMARTS) is 1. The first-order valence-corrected chi connectivity index (χ1v) is 10.7. The van der Waals surface area contributed by atoms with E-state index >= 15 is 0 Å². The molecule has 0 unspecified atom stereocenters. The number of hydrogen-bond acceptors (Lipinski definition) is 5. The first-order valence-electron chi connectivity index (χ1n) is 10.7. The van der Waals surface area contributed by atoms with Crippen molar-refractivity contribution < 1.29 is 19.6 Å². The van der Waals surface area contributed by atoms with Gasteiger partial charge < -0.3 is 14.4 Å². The van der Waals surface area contributed by atoms with E-state index in [1.807, 2.05) is 41.0 Å². The smallest absolute Gasteiger partial charge is 0.449 e. The van der Waals surface area contributed by atoms with Gasteiger partial charge in [-0.15, -0.1) is 0 Å². The second-order valence-corrected chi connectivity index (χ2v) is 7.68. The van der Waals surface area contributed by atoms with Gasteiger partial charge in [-0.25, -0.2) is 9.78 Å². The Morgan fingerprint density at radius 2 is 1.85 bits per heavy atom. The maximum absolute atomic E-state index is 11.5. The third kappa shape index (κ3) is 4.69. The maximum Gasteiger partial charge on any atom is 0.511 e. The lowest BCUT2D eigenvalue weighted by molar-refractivity contribution is -0.383. The van der Waals surface area contributed by atoms with Gasteiger partial charge in [-0.05, 0) is 29.7 Å². The molecule has 0 bridgehead atoms. The second-order valence-electron chi connectivity index (χ2n) is 7.68. The van der Waals surface area contributed by atoms with E-state index in [0.29, 0.717) is 17.6 Å². The van der Waals surface area contributed by atoms with E-state index in [0.717, 1.165) is 41.7 Å². The highest BCUT2D eigenvalue weighted by molar-refractivity contribution is 5.85. The van der Waals surface area contributed by atoms with E-state index in [1.165, 1.54) is 6.07 Å². The van der Waals surface area contributed by atoms with Crippen molar-refractivity contribution in [1.82, 2.24) is 9.55 Å². The molecule has 8 nitrogen and oxygen atoms in total. The fourth-order valence-electron chi connectivity index (χ4n) is 3.89. The number of aromatic nitrogens is 2. The van der Waals surface area contributed by atoms with Gasteiger partial charge in [0.1, 0.15) is 11.6 Å². The number of fused-ring (bicyclic) bond motifs is 1. The van der Waals surface area contributed by atoms with Crippen LogP contribution in [0.2, 0.25) is 0 Å². The summed E-state index contributed by atoms with van der Waals surface area (Å²) >= 11 is 0. The number of ether oxygens (including phenoxy) is 1. The Bertz CT molecular complexity index is 1310. The lowest BCUT2D eigenvalue weighted by atomic mass is 10.0. The van der Waals surface area contributed by atoms with Crippen LogP contribution in [0.15, 0.2) is 66.7 Å². The molecule has 168 valence electrons. The largest absolute Gasteiger partial charge is 0.511 e. The summed E-state index contributed by atoms with van der Waals surface area (Å²) in [6.07, 6.45) is 1.31. The van der Waals surface area contributed by atoms with Crippen molar-refractivity contribution in [3.8, 4) is 16.9 Å². The summed E-state index contributed by atoms with van der Waals surface area (Å²) in [5, 5.41) is 20.5.